The number of H-pyrrole nitrogens is 1. The van der Waals surface area contributed by atoms with Gasteiger partial charge in [0.05, 0.1) is 17.9 Å². The van der Waals surface area contributed by atoms with Gasteiger partial charge in [-0.05, 0) is 63.0 Å². The summed E-state index contributed by atoms with van der Waals surface area (Å²) in [6.07, 6.45) is 1.84. The summed E-state index contributed by atoms with van der Waals surface area (Å²) in [6, 6.07) is 12.9. The van der Waals surface area contributed by atoms with Crippen LogP contribution in [0.4, 0.5) is 11.4 Å². The molecule has 2 aromatic carbocycles. The van der Waals surface area contributed by atoms with Gasteiger partial charge in [-0.15, -0.1) is 0 Å². The third-order valence-corrected chi connectivity index (χ3v) is 3.97. The fourth-order valence-electron chi connectivity index (χ4n) is 2.74. The summed E-state index contributed by atoms with van der Waals surface area (Å²) < 4.78 is 0. The summed E-state index contributed by atoms with van der Waals surface area (Å²) >= 11 is 0. The van der Waals surface area contributed by atoms with Gasteiger partial charge in [-0.2, -0.15) is 0 Å². The highest BCUT2D eigenvalue weighted by Crippen LogP contribution is 2.24. The molecule has 0 saturated carbocycles. The van der Waals surface area contributed by atoms with Gasteiger partial charge < -0.3 is 20.5 Å². The number of amides is 2. The molecule has 0 atom stereocenters. The lowest BCUT2D eigenvalue weighted by atomic mass is 10.1. The highest BCUT2D eigenvalue weighted by molar-refractivity contribution is 6.08. The number of carbonyl (C=O) groups is 2. The molecule has 1 heterocycles. The van der Waals surface area contributed by atoms with Crippen LogP contribution in [0.15, 0.2) is 48.7 Å². The van der Waals surface area contributed by atoms with E-state index < -0.39 is 0 Å². The maximum atomic E-state index is 12.7. The van der Waals surface area contributed by atoms with Crippen LogP contribution in [-0.4, -0.2) is 42.3 Å². The van der Waals surface area contributed by atoms with Crippen LogP contribution in [0.5, 0.6) is 0 Å². The van der Waals surface area contributed by atoms with Gasteiger partial charge in [0.25, 0.3) is 5.91 Å². The van der Waals surface area contributed by atoms with Gasteiger partial charge in [0.1, 0.15) is 0 Å². The maximum Gasteiger partial charge on any atom is 0.255 e. The lowest BCUT2D eigenvalue weighted by Crippen LogP contribution is -2.27. The van der Waals surface area contributed by atoms with Crippen molar-refractivity contribution in [2.75, 3.05) is 31.3 Å². The Morgan fingerprint density at radius 2 is 1.81 bits per heavy atom. The number of anilines is 2. The van der Waals surface area contributed by atoms with Crippen LogP contribution in [0, 0.1) is 6.92 Å². The van der Waals surface area contributed by atoms with E-state index in [1.165, 1.54) is 0 Å². The second-order valence-electron chi connectivity index (χ2n) is 6.57. The van der Waals surface area contributed by atoms with E-state index in [0.29, 0.717) is 16.9 Å². The van der Waals surface area contributed by atoms with E-state index >= 15 is 0 Å². The summed E-state index contributed by atoms with van der Waals surface area (Å²) in [5.41, 5.74) is 3.69. The quantitative estimate of drug-likeness (QED) is 0.661. The normalized spacial score (nSPS) is 10.9. The van der Waals surface area contributed by atoms with E-state index in [-0.39, 0.29) is 18.4 Å². The molecule has 2 amide bonds. The number of rotatable bonds is 5. The zero-order valence-corrected chi connectivity index (χ0v) is 15.1. The number of nitrogens with one attached hydrogen (secondary N) is 3. The van der Waals surface area contributed by atoms with E-state index in [4.69, 9.17) is 0 Å². The number of carbonyl (C=O) groups excluding carboxylic acids is 2. The number of benzene rings is 2. The van der Waals surface area contributed by atoms with E-state index in [1.54, 1.807) is 17.0 Å². The standard InChI is InChI=1S/C20H22N4O2/c1-13-4-6-17(22-19(25)12-24(2)3)18(10-13)23-20(26)15-5-7-16-14(11-15)8-9-21-16/h4-11,21H,12H2,1-3H3,(H,22,25)(H,23,26). The van der Waals surface area contributed by atoms with Crippen molar-refractivity contribution < 1.29 is 9.59 Å². The van der Waals surface area contributed by atoms with Crippen LogP contribution in [0.25, 0.3) is 10.9 Å². The Balaban J connectivity index is 1.82. The highest BCUT2D eigenvalue weighted by atomic mass is 16.2. The largest absolute Gasteiger partial charge is 0.361 e. The van der Waals surface area contributed by atoms with Gasteiger partial charge in [0, 0.05) is 22.7 Å². The van der Waals surface area contributed by atoms with Crippen molar-refractivity contribution in [3.8, 4) is 0 Å². The van der Waals surface area contributed by atoms with Crippen LogP contribution in [0.3, 0.4) is 0 Å². The van der Waals surface area contributed by atoms with Crippen LogP contribution in [-0.2, 0) is 4.79 Å². The second kappa shape index (κ2) is 7.41. The molecule has 134 valence electrons. The van der Waals surface area contributed by atoms with Crippen molar-refractivity contribution in [1.82, 2.24) is 9.88 Å². The molecule has 6 nitrogen and oxygen atoms in total. The van der Waals surface area contributed by atoms with E-state index in [9.17, 15) is 9.59 Å². The fraction of sp³-hybridized carbons (Fsp3) is 0.200. The molecule has 0 aliphatic rings. The first kappa shape index (κ1) is 17.7. The molecule has 0 radical (unpaired) electrons. The number of aromatic amines is 1. The summed E-state index contributed by atoms with van der Waals surface area (Å²) in [4.78, 5) is 29.6. The molecule has 3 N–H and O–H groups in total. The molecule has 0 aliphatic heterocycles. The van der Waals surface area contributed by atoms with Crippen LogP contribution >= 0.6 is 0 Å². The fourth-order valence-corrected chi connectivity index (χ4v) is 2.74. The Morgan fingerprint density at radius 1 is 1.00 bits per heavy atom. The van der Waals surface area contributed by atoms with E-state index in [0.717, 1.165) is 16.5 Å². The number of fused-ring (bicyclic) bond motifs is 1. The van der Waals surface area contributed by atoms with Crippen molar-refractivity contribution in [2.24, 2.45) is 0 Å². The molecule has 6 heteroatoms. The molecule has 3 rings (SSSR count). The SMILES string of the molecule is Cc1ccc(NC(=O)CN(C)C)c(NC(=O)c2ccc3[nH]ccc3c2)c1. The lowest BCUT2D eigenvalue weighted by Gasteiger charge is -2.15. The second-order valence-corrected chi connectivity index (χ2v) is 6.57. The minimum Gasteiger partial charge on any atom is -0.361 e. The monoisotopic (exact) mass is 350 g/mol. The van der Waals surface area contributed by atoms with Gasteiger partial charge >= 0.3 is 0 Å². The Morgan fingerprint density at radius 3 is 2.58 bits per heavy atom. The van der Waals surface area contributed by atoms with Crippen molar-refractivity contribution in [2.45, 2.75) is 6.92 Å². The molecular formula is C20H22N4O2. The predicted octanol–water partition coefficient (Wildman–Crippen LogP) is 3.23. The summed E-state index contributed by atoms with van der Waals surface area (Å²) in [6.45, 7) is 2.21. The summed E-state index contributed by atoms with van der Waals surface area (Å²) in [5.74, 6) is -0.357. The third-order valence-electron chi connectivity index (χ3n) is 3.97. The first-order chi connectivity index (χ1) is 12.4. The van der Waals surface area contributed by atoms with Gasteiger partial charge in [-0.25, -0.2) is 0 Å². The van der Waals surface area contributed by atoms with Crippen molar-refractivity contribution >= 4 is 34.1 Å². The lowest BCUT2D eigenvalue weighted by molar-refractivity contribution is -0.116. The van der Waals surface area contributed by atoms with E-state index in [1.807, 2.05) is 57.5 Å². The van der Waals surface area contributed by atoms with Crippen molar-refractivity contribution in [1.29, 1.82) is 0 Å². The zero-order valence-electron chi connectivity index (χ0n) is 15.1. The Kier molecular flexibility index (Phi) is 5.04. The minimum atomic E-state index is -0.221. The average molecular weight is 350 g/mol. The number of hydrogen-bond donors (Lipinski definition) is 3. The smallest absolute Gasteiger partial charge is 0.255 e. The molecular weight excluding hydrogens is 328 g/mol. The van der Waals surface area contributed by atoms with Crippen molar-refractivity contribution in [3.63, 3.8) is 0 Å². The summed E-state index contributed by atoms with van der Waals surface area (Å²) in [7, 11) is 3.66. The Labute approximate surface area is 152 Å². The van der Waals surface area contributed by atoms with Gasteiger partial charge in [0.2, 0.25) is 5.91 Å². The zero-order chi connectivity index (χ0) is 18.7. The molecule has 0 fully saturated rings. The van der Waals surface area contributed by atoms with Crippen LogP contribution in [0.1, 0.15) is 15.9 Å². The van der Waals surface area contributed by atoms with Gasteiger partial charge in [-0.1, -0.05) is 6.07 Å². The molecule has 0 unspecified atom stereocenters. The van der Waals surface area contributed by atoms with Crippen LogP contribution in [0.2, 0.25) is 0 Å². The Hall–Kier alpha value is -3.12. The van der Waals surface area contributed by atoms with Gasteiger partial charge in [-0.3, -0.25) is 9.59 Å². The molecule has 1 aromatic heterocycles. The number of hydrogen-bond acceptors (Lipinski definition) is 3. The van der Waals surface area contributed by atoms with E-state index in [2.05, 4.69) is 15.6 Å². The van der Waals surface area contributed by atoms with Crippen LogP contribution < -0.4 is 10.6 Å². The molecule has 0 bridgehead atoms. The number of nitrogens with zero attached hydrogens (tertiary/aromatic N) is 1. The number of aryl methyl sites for hydroxylation is 1. The molecule has 0 aliphatic carbocycles. The first-order valence-corrected chi connectivity index (χ1v) is 8.36. The van der Waals surface area contributed by atoms with Crippen molar-refractivity contribution in [3.05, 3.63) is 59.8 Å². The summed E-state index contributed by atoms with van der Waals surface area (Å²) in [5, 5.41) is 6.73. The molecule has 0 spiro atoms. The average Bonchev–Trinajstić information content (AvgIpc) is 3.04. The Bertz CT molecular complexity index is 959. The minimum absolute atomic E-state index is 0.136. The predicted molar refractivity (Wildman–Crippen MR) is 105 cm³/mol. The third kappa shape index (κ3) is 4.10. The number of likely N-dealkylation sites (N-methyl/N-ethyl adjacent to an activating group) is 1. The van der Waals surface area contributed by atoms with Gasteiger partial charge in [0.15, 0.2) is 0 Å². The number of aromatic nitrogens is 1. The topological polar surface area (TPSA) is 77.2 Å². The first-order valence-electron chi connectivity index (χ1n) is 8.36. The maximum absolute atomic E-state index is 12.7. The molecule has 26 heavy (non-hydrogen) atoms. The molecule has 0 saturated heterocycles. The molecule has 3 aromatic rings. The highest BCUT2D eigenvalue weighted by Gasteiger charge is 2.13.